The van der Waals surface area contributed by atoms with Crippen LogP contribution in [0.2, 0.25) is 0 Å². The monoisotopic (exact) mass is 269 g/mol. The zero-order valence-electron chi connectivity index (χ0n) is 10.1. The summed E-state index contributed by atoms with van der Waals surface area (Å²) in [6.45, 7) is 5.63. The van der Waals surface area contributed by atoms with Crippen molar-refractivity contribution < 1.29 is 6.22 Å². The van der Waals surface area contributed by atoms with Gasteiger partial charge in [-0.3, -0.25) is 4.79 Å². The Bertz CT molecular complexity index is 191. The summed E-state index contributed by atoms with van der Waals surface area (Å²) in [6, 6.07) is 0. The van der Waals surface area contributed by atoms with Gasteiger partial charge in [0.25, 0.3) is 0 Å². The lowest BCUT2D eigenvalue weighted by molar-refractivity contribution is -0.109. The summed E-state index contributed by atoms with van der Waals surface area (Å²) in [5.41, 5.74) is 0.800. The molecule has 0 aliphatic heterocycles. The zero-order valence-corrected chi connectivity index (χ0v) is 12.6. The Labute approximate surface area is 107 Å². The van der Waals surface area contributed by atoms with Crippen molar-refractivity contribution in [2.24, 2.45) is 0 Å². The van der Waals surface area contributed by atoms with Crippen LogP contribution in [-0.2, 0) is 4.79 Å². The molecule has 0 aliphatic rings. The lowest BCUT2D eigenvalue weighted by Crippen LogP contribution is -1.97. The topological polar surface area (TPSA) is 40.9 Å². The molecule has 0 rings (SSSR count). The molecule has 0 fully saturated rings. The van der Waals surface area contributed by atoms with Gasteiger partial charge in [0, 0.05) is 19.3 Å². The summed E-state index contributed by atoms with van der Waals surface area (Å²) in [7, 11) is 3.70. The molecule has 1 unspecified atom stereocenters. The average Bonchev–Trinajstić information content (AvgIpc) is 2.16. The average molecular weight is 270 g/mol. The molecule has 0 spiro atoms. The Balaban J connectivity index is -0.000000242. The minimum atomic E-state index is 0. The lowest BCUT2D eigenvalue weighted by Gasteiger charge is -2.06. The fourth-order valence-electron chi connectivity index (χ4n) is 0.632. The van der Waals surface area contributed by atoms with Crippen LogP contribution in [0.25, 0.3) is 0 Å². The molecule has 1 N–H and O–H groups in total. The molecule has 15 heavy (non-hydrogen) atoms. The molecule has 5 heteroatoms. The maximum atomic E-state index is 9.78. The maximum Gasteiger partial charge on any atom is 0.185 e. The number of nitrogens with one attached hydrogen (secondary N) is 1. The molecule has 92 valence electrons. The van der Waals surface area contributed by atoms with E-state index in [2.05, 4.69) is 13.2 Å². The predicted molar refractivity (Wildman–Crippen MR) is 79.5 cm³/mol. The Hall–Kier alpha value is 0.390. The van der Waals surface area contributed by atoms with Crippen LogP contribution < -0.4 is 0 Å². The number of thioether (sulfide) groups is 1. The zero-order chi connectivity index (χ0) is 12.3. The van der Waals surface area contributed by atoms with E-state index in [0.717, 1.165) is 18.6 Å². The number of hydrogen-bond acceptors (Lipinski definition) is 5. The normalized spacial score (nSPS) is 11.3. The standard InChI is InChI=1S/C7H15NS2.C3H6OS.H2/c1-6(8)4-5-7(2)10-9-3;1-3(4)5-2;/h7-8H,4-5H2,1-3H3;1-2H3;1H. The van der Waals surface area contributed by atoms with Crippen molar-refractivity contribution in [3.05, 3.63) is 0 Å². The third kappa shape index (κ3) is 20.5. The minimum absolute atomic E-state index is 0. The summed E-state index contributed by atoms with van der Waals surface area (Å²) in [5.74, 6) is 0. The van der Waals surface area contributed by atoms with Gasteiger partial charge in [0.2, 0.25) is 0 Å². The second kappa shape index (κ2) is 12.5. The molecule has 2 nitrogen and oxygen atoms in total. The van der Waals surface area contributed by atoms with Gasteiger partial charge in [0.1, 0.15) is 0 Å². The first-order chi connectivity index (χ1) is 6.93. The molecule has 0 aromatic heterocycles. The second-order valence-electron chi connectivity index (χ2n) is 3.09. The lowest BCUT2D eigenvalue weighted by atomic mass is 10.2. The fourth-order valence-corrected chi connectivity index (χ4v) is 2.45. The van der Waals surface area contributed by atoms with Crippen LogP contribution in [-0.4, -0.2) is 28.6 Å². The van der Waals surface area contributed by atoms with Crippen LogP contribution in [0.4, 0.5) is 0 Å². The van der Waals surface area contributed by atoms with Crippen LogP contribution in [0.3, 0.4) is 0 Å². The van der Waals surface area contributed by atoms with E-state index in [1.165, 1.54) is 11.8 Å². The van der Waals surface area contributed by atoms with Gasteiger partial charge in [0.15, 0.2) is 5.12 Å². The van der Waals surface area contributed by atoms with Gasteiger partial charge < -0.3 is 5.41 Å². The van der Waals surface area contributed by atoms with Crippen LogP contribution in [0, 0.1) is 5.41 Å². The SMILES string of the molecule is CSC(C)=O.CSSC(C)CCC(C)=N.[HH]. The number of rotatable bonds is 5. The minimum Gasteiger partial charge on any atom is -0.310 e. The van der Waals surface area contributed by atoms with Crippen molar-refractivity contribution >= 4 is 44.2 Å². The van der Waals surface area contributed by atoms with Crippen molar-refractivity contribution in [1.29, 1.82) is 5.41 Å². The van der Waals surface area contributed by atoms with Crippen molar-refractivity contribution in [3.8, 4) is 0 Å². The van der Waals surface area contributed by atoms with Crippen molar-refractivity contribution in [3.63, 3.8) is 0 Å². The molecule has 0 aliphatic carbocycles. The summed E-state index contributed by atoms with van der Waals surface area (Å²) < 4.78 is 0. The van der Waals surface area contributed by atoms with Crippen LogP contribution in [0.1, 0.15) is 35.0 Å². The second-order valence-corrected chi connectivity index (χ2v) is 6.98. The van der Waals surface area contributed by atoms with Crippen molar-refractivity contribution in [1.82, 2.24) is 0 Å². The molecule has 0 aromatic carbocycles. The largest absolute Gasteiger partial charge is 0.310 e. The summed E-state index contributed by atoms with van der Waals surface area (Å²) in [4.78, 5) is 9.78. The molecular weight excluding hydrogens is 246 g/mol. The van der Waals surface area contributed by atoms with Gasteiger partial charge in [-0.2, -0.15) is 0 Å². The van der Waals surface area contributed by atoms with E-state index in [1.807, 2.05) is 28.5 Å². The van der Waals surface area contributed by atoms with Gasteiger partial charge in [-0.1, -0.05) is 40.3 Å². The van der Waals surface area contributed by atoms with E-state index in [9.17, 15) is 4.79 Å². The predicted octanol–water partition coefficient (Wildman–Crippen LogP) is 4.35. The van der Waals surface area contributed by atoms with E-state index in [0.29, 0.717) is 5.25 Å². The first-order valence-electron chi connectivity index (χ1n) is 4.72. The van der Waals surface area contributed by atoms with Gasteiger partial charge in [0.05, 0.1) is 0 Å². The molecule has 0 amide bonds. The Morgan fingerprint density at radius 3 is 2.13 bits per heavy atom. The van der Waals surface area contributed by atoms with Crippen molar-refractivity contribution in [2.75, 3.05) is 12.5 Å². The quantitative estimate of drug-likeness (QED) is 0.595. The van der Waals surface area contributed by atoms with Gasteiger partial charge in [-0.05, 0) is 32.3 Å². The molecule has 0 heterocycles. The highest BCUT2D eigenvalue weighted by atomic mass is 33.1. The van der Waals surface area contributed by atoms with E-state index >= 15 is 0 Å². The van der Waals surface area contributed by atoms with E-state index < -0.39 is 0 Å². The third-order valence-electron chi connectivity index (χ3n) is 1.47. The Kier molecular flexibility index (Phi) is 14.8. The third-order valence-corrected chi connectivity index (χ3v) is 4.37. The van der Waals surface area contributed by atoms with Gasteiger partial charge in [-0.15, -0.1) is 0 Å². The maximum absolute atomic E-state index is 9.78. The fraction of sp³-hybridized carbons (Fsp3) is 0.800. The first kappa shape index (κ1) is 17.8. The first-order valence-corrected chi connectivity index (χ1v) is 8.56. The number of carbonyl (C=O) groups excluding carboxylic acids is 1. The molecular formula is C10H23NOS3. The Morgan fingerprint density at radius 2 is 1.87 bits per heavy atom. The van der Waals surface area contributed by atoms with Gasteiger partial charge in [-0.25, -0.2) is 0 Å². The van der Waals surface area contributed by atoms with E-state index in [-0.39, 0.29) is 6.54 Å². The highest BCUT2D eigenvalue weighted by molar-refractivity contribution is 8.76. The number of carbonyl (C=O) groups is 1. The molecule has 0 saturated heterocycles. The van der Waals surface area contributed by atoms with Crippen LogP contribution in [0.15, 0.2) is 0 Å². The van der Waals surface area contributed by atoms with Crippen LogP contribution in [0.5, 0.6) is 0 Å². The summed E-state index contributed by atoms with van der Waals surface area (Å²) in [5, 5.41) is 8.07. The smallest absolute Gasteiger partial charge is 0.185 e. The highest BCUT2D eigenvalue weighted by Gasteiger charge is 2.00. The van der Waals surface area contributed by atoms with E-state index in [1.54, 1.807) is 13.2 Å². The summed E-state index contributed by atoms with van der Waals surface area (Å²) in [6.07, 6.45) is 5.95. The molecule has 0 saturated carbocycles. The van der Waals surface area contributed by atoms with Crippen LogP contribution >= 0.6 is 33.3 Å². The summed E-state index contributed by atoms with van der Waals surface area (Å²) >= 11 is 1.24. The van der Waals surface area contributed by atoms with Gasteiger partial charge >= 0.3 is 0 Å². The molecule has 0 aromatic rings. The Morgan fingerprint density at radius 1 is 1.40 bits per heavy atom. The van der Waals surface area contributed by atoms with E-state index in [4.69, 9.17) is 5.41 Å². The van der Waals surface area contributed by atoms with Crippen molar-refractivity contribution in [2.45, 2.75) is 38.9 Å². The molecule has 1 atom stereocenters. The number of hydrogen-bond donors (Lipinski definition) is 1. The molecule has 0 radical (unpaired) electrons. The molecule has 0 bridgehead atoms. The highest BCUT2D eigenvalue weighted by Crippen LogP contribution is 2.26.